The van der Waals surface area contributed by atoms with Gasteiger partial charge in [-0.1, -0.05) is 11.2 Å². The third-order valence-corrected chi connectivity index (χ3v) is 12.7. The standard InChI is InChI=1S/C50H57N11O11/c1-5-60-38(25-34(58-60)30-11-12-30)54-45-43-33-23-27(2)32(41-28(3)59-72-29(41)4)24-35(33)53-44(43)56-46(57-45)48(65)52-16-8-18-69-20-22-70-21-19-68-17-7-15-51-40(63)26-71-37-10-6-9-31-42(37)50(67)61(49(31)66)36-13-14-39(62)55-47(36)64/h6,9-10,23-25,30,36H,5,7-8,11-22,26H2,1-4H3,(H,51,63)(H,52,65)(H,55,62,64)(H2,53,54,56,57). The minimum absolute atomic E-state index is 0.00418. The van der Waals surface area contributed by atoms with Crippen molar-refractivity contribution in [3.05, 3.63) is 76.1 Å². The van der Waals surface area contributed by atoms with E-state index >= 15 is 0 Å². The van der Waals surface area contributed by atoms with Gasteiger partial charge in [0.2, 0.25) is 17.6 Å². The summed E-state index contributed by atoms with van der Waals surface area (Å²) in [5.74, 6) is -0.859. The number of anilines is 2. The molecule has 9 rings (SSSR count). The van der Waals surface area contributed by atoms with Gasteiger partial charge in [-0.3, -0.25) is 39.0 Å². The first-order valence-corrected chi connectivity index (χ1v) is 24.3. The Bertz CT molecular complexity index is 3040. The summed E-state index contributed by atoms with van der Waals surface area (Å²) >= 11 is 0. The third kappa shape index (κ3) is 10.7. The molecule has 1 atom stereocenters. The number of carbonyl (C=O) groups excluding carboxylic acids is 6. The second kappa shape index (κ2) is 21.8. The van der Waals surface area contributed by atoms with Gasteiger partial charge in [0.15, 0.2) is 6.61 Å². The maximum absolute atomic E-state index is 13.6. The van der Waals surface area contributed by atoms with Crippen molar-refractivity contribution in [3.63, 3.8) is 0 Å². The molecule has 2 aromatic carbocycles. The molecule has 22 nitrogen and oxygen atoms in total. The van der Waals surface area contributed by atoms with Gasteiger partial charge in [-0.25, -0.2) is 14.6 Å². The fourth-order valence-corrected chi connectivity index (χ4v) is 8.96. The number of aromatic amines is 1. The van der Waals surface area contributed by atoms with E-state index in [9.17, 15) is 28.8 Å². The van der Waals surface area contributed by atoms with Crippen LogP contribution >= 0.6 is 0 Å². The second-order valence-corrected chi connectivity index (χ2v) is 17.9. The number of rotatable bonds is 24. The van der Waals surface area contributed by atoms with Gasteiger partial charge in [0, 0.05) is 67.7 Å². The van der Waals surface area contributed by atoms with Crippen molar-refractivity contribution in [1.82, 2.24) is 50.7 Å². The number of nitrogens with one attached hydrogen (secondary N) is 5. The molecule has 6 aromatic rings. The van der Waals surface area contributed by atoms with E-state index in [1.807, 2.05) is 25.5 Å². The Morgan fingerprint density at radius 1 is 0.847 bits per heavy atom. The molecule has 5 N–H and O–H groups in total. The molecule has 0 radical (unpaired) electrons. The lowest BCUT2D eigenvalue weighted by Crippen LogP contribution is -2.54. The molecule has 6 heterocycles. The van der Waals surface area contributed by atoms with Gasteiger partial charge in [-0.05, 0) is 95.2 Å². The van der Waals surface area contributed by atoms with Crippen molar-refractivity contribution < 1.29 is 52.2 Å². The summed E-state index contributed by atoms with van der Waals surface area (Å²) in [6.45, 7) is 11.0. The molecule has 2 aliphatic heterocycles. The average molecular weight is 988 g/mol. The molecule has 22 heteroatoms. The van der Waals surface area contributed by atoms with Gasteiger partial charge in [0.05, 0.1) is 54.3 Å². The van der Waals surface area contributed by atoms with E-state index in [2.05, 4.69) is 56.5 Å². The first-order chi connectivity index (χ1) is 34.9. The van der Waals surface area contributed by atoms with E-state index in [-0.39, 0.29) is 35.5 Å². The third-order valence-electron chi connectivity index (χ3n) is 12.7. The first kappa shape index (κ1) is 49.4. The van der Waals surface area contributed by atoms with Crippen molar-refractivity contribution in [2.24, 2.45) is 0 Å². The Balaban J connectivity index is 0.670. The summed E-state index contributed by atoms with van der Waals surface area (Å²) in [6.07, 6.45) is 3.36. The minimum Gasteiger partial charge on any atom is -0.483 e. The number of aromatic nitrogens is 6. The number of aryl methyl sites for hydroxylation is 4. The lowest BCUT2D eigenvalue weighted by atomic mass is 9.97. The van der Waals surface area contributed by atoms with Crippen LogP contribution in [0.15, 0.2) is 40.9 Å². The number of hydrogen-bond acceptors (Lipinski definition) is 16. The molecule has 72 heavy (non-hydrogen) atoms. The van der Waals surface area contributed by atoms with Gasteiger partial charge in [0.1, 0.15) is 34.8 Å². The van der Waals surface area contributed by atoms with Gasteiger partial charge in [-0.15, -0.1) is 0 Å². The van der Waals surface area contributed by atoms with Crippen LogP contribution in [0, 0.1) is 20.8 Å². The van der Waals surface area contributed by atoms with Crippen LogP contribution < -0.4 is 26.0 Å². The molecule has 1 saturated heterocycles. The van der Waals surface area contributed by atoms with E-state index in [4.69, 9.17) is 38.5 Å². The summed E-state index contributed by atoms with van der Waals surface area (Å²) in [7, 11) is 0. The zero-order valence-corrected chi connectivity index (χ0v) is 40.6. The SMILES string of the molecule is CCn1nc(C2CC2)cc1Nc1nc(C(=O)NCCCOCCOCCOCCCNC(=O)COc2cccc3c2C(=O)N(C2CCC(=O)NC2=O)C3=O)nc2[nH]c3cc(-c4c(C)noc4C)c(C)cc3c12. The highest BCUT2D eigenvalue weighted by Gasteiger charge is 2.46. The number of amides is 6. The summed E-state index contributed by atoms with van der Waals surface area (Å²) in [5.41, 5.74) is 6.20. The Labute approximate surface area is 413 Å². The number of benzene rings is 2. The molecule has 0 spiro atoms. The molecular weight excluding hydrogens is 931 g/mol. The van der Waals surface area contributed by atoms with E-state index in [0.29, 0.717) is 89.5 Å². The van der Waals surface area contributed by atoms with Crippen LogP contribution in [-0.4, -0.2) is 136 Å². The smallest absolute Gasteiger partial charge is 0.289 e. The molecule has 2 fully saturated rings. The quantitative estimate of drug-likeness (QED) is 0.0407. The van der Waals surface area contributed by atoms with Crippen LogP contribution in [0.3, 0.4) is 0 Å². The molecule has 4 aromatic heterocycles. The molecule has 0 bridgehead atoms. The molecule has 378 valence electrons. The molecule has 1 aliphatic carbocycles. The van der Waals surface area contributed by atoms with Crippen LogP contribution in [0.4, 0.5) is 11.6 Å². The predicted octanol–water partition coefficient (Wildman–Crippen LogP) is 4.68. The highest BCUT2D eigenvalue weighted by atomic mass is 16.5. The molecule has 1 saturated carbocycles. The Morgan fingerprint density at radius 3 is 2.28 bits per heavy atom. The number of carbonyl (C=O) groups is 6. The van der Waals surface area contributed by atoms with Crippen LogP contribution in [0.2, 0.25) is 0 Å². The fraction of sp³-hybridized carbons (Fsp3) is 0.440. The average Bonchev–Trinajstić information content (AvgIpc) is 3.82. The summed E-state index contributed by atoms with van der Waals surface area (Å²) in [4.78, 5) is 90.1. The van der Waals surface area contributed by atoms with Gasteiger partial charge < -0.3 is 44.4 Å². The van der Waals surface area contributed by atoms with Crippen molar-refractivity contribution in [3.8, 4) is 16.9 Å². The largest absolute Gasteiger partial charge is 0.483 e. The highest BCUT2D eigenvalue weighted by molar-refractivity contribution is 6.24. The van der Waals surface area contributed by atoms with E-state index in [1.165, 1.54) is 18.2 Å². The van der Waals surface area contributed by atoms with Gasteiger partial charge >= 0.3 is 0 Å². The number of fused-ring (bicyclic) bond motifs is 4. The topological polar surface area (TPSA) is 276 Å². The monoisotopic (exact) mass is 987 g/mol. The molecule has 3 aliphatic rings. The second-order valence-electron chi connectivity index (χ2n) is 17.9. The number of ether oxygens (including phenoxy) is 4. The summed E-state index contributed by atoms with van der Waals surface area (Å²) < 4.78 is 29.9. The van der Waals surface area contributed by atoms with Crippen LogP contribution in [-0.2, 0) is 35.1 Å². The van der Waals surface area contributed by atoms with Crippen molar-refractivity contribution >= 4 is 69.0 Å². The number of H-pyrrole nitrogens is 1. The van der Waals surface area contributed by atoms with Crippen LogP contribution in [0.5, 0.6) is 5.75 Å². The number of piperidine rings is 1. The lowest BCUT2D eigenvalue weighted by Gasteiger charge is -2.27. The zero-order valence-electron chi connectivity index (χ0n) is 40.6. The Kier molecular flexibility index (Phi) is 15.0. The lowest BCUT2D eigenvalue weighted by molar-refractivity contribution is -0.136. The van der Waals surface area contributed by atoms with Crippen molar-refractivity contribution in [1.29, 1.82) is 0 Å². The van der Waals surface area contributed by atoms with E-state index < -0.39 is 48.1 Å². The maximum atomic E-state index is 13.6. The maximum Gasteiger partial charge on any atom is 0.289 e. The van der Waals surface area contributed by atoms with E-state index in [0.717, 1.165) is 73.7 Å². The molecular formula is C50H57N11O11. The number of nitrogens with zero attached hydrogens (tertiary/aromatic N) is 6. The summed E-state index contributed by atoms with van der Waals surface area (Å²) in [6, 6.07) is 9.57. The Morgan fingerprint density at radius 2 is 1.58 bits per heavy atom. The zero-order chi connectivity index (χ0) is 50.5. The van der Waals surface area contributed by atoms with Crippen molar-refractivity contribution in [2.45, 2.75) is 84.7 Å². The predicted molar refractivity (Wildman–Crippen MR) is 260 cm³/mol. The highest BCUT2D eigenvalue weighted by Crippen LogP contribution is 2.42. The normalized spacial score (nSPS) is 15.7. The Hall–Kier alpha value is -7.56. The van der Waals surface area contributed by atoms with Crippen molar-refractivity contribution in [2.75, 3.05) is 64.7 Å². The number of hydrogen-bond donors (Lipinski definition) is 5. The van der Waals surface area contributed by atoms with Crippen LogP contribution in [0.1, 0.15) is 105 Å². The first-order valence-electron chi connectivity index (χ1n) is 24.3. The molecule has 6 amide bonds. The fourth-order valence-electron chi connectivity index (χ4n) is 8.96. The minimum atomic E-state index is -1.11. The van der Waals surface area contributed by atoms with Crippen LogP contribution in [0.25, 0.3) is 33.1 Å². The van der Waals surface area contributed by atoms with Gasteiger partial charge in [-0.2, -0.15) is 5.10 Å². The van der Waals surface area contributed by atoms with E-state index in [1.54, 1.807) is 0 Å². The number of imide groups is 2. The molecule has 1 unspecified atom stereocenters. The van der Waals surface area contributed by atoms with Gasteiger partial charge in [0.25, 0.3) is 23.6 Å². The summed E-state index contributed by atoms with van der Waals surface area (Å²) in [5, 5.41) is 22.0.